The Kier molecular flexibility index (Phi) is 11.3. The van der Waals surface area contributed by atoms with E-state index in [1.807, 2.05) is 0 Å². The lowest BCUT2D eigenvalue weighted by Gasteiger charge is -2.51. The number of anilines is 2. The number of nitrogens with two attached hydrogens (primary N) is 1. The van der Waals surface area contributed by atoms with Crippen molar-refractivity contribution in [1.82, 2.24) is 19.5 Å². The summed E-state index contributed by atoms with van der Waals surface area (Å²) in [5.74, 6) is -0.763. The number of fused-ring (bicyclic) bond motifs is 2. The van der Waals surface area contributed by atoms with Crippen molar-refractivity contribution in [1.29, 1.82) is 0 Å². The quantitative estimate of drug-likeness (QED) is 0.246. The molecule has 2 aliphatic heterocycles. The summed E-state index contributed by atoms with van der Waals surface area (Å²) in [5, 5.41) is 2.72. The number of esters is 1. The number of amides is 1. The highest BCUT2D eigenvalue weighted by Gasteiger charge is 2.62. The number of methoxy groups -OCH3 is 1. The van der Waals surface area contributed by atoms with Crippen molar-refractivity contribution < 1.29 is 36.8 Å². The van der Waals surface area contributed by atoms with Gasteiger partial charge in [0.1, 0.15) is 23.8 Å². The fraction of sp³-hybridized carbons (Fsp3) is 0.767. The zero-order chi connectivity index (χ0) is 34.1. The largest absolute Gasteiger partial charge is 0.469 e. The third-order valence-corrected chi connectivity index (χ3v) is 19.2. The minimum atomic E-state index is -3.02. The van der Waals surface area contributed by atoms with Crippen LogP contribution in [-0.2, 0) is 36.8 Å². The van der Waals surface area contributed by atoms with Gasteiger partial charge in [0.2, 0.25) is 11.9 Å². The molecule has 1 amide bonds. The minimum absolute atomic E-state index is 0.0446. The smallest absolute Gasteiger partial charge is 0.335 e. The highest BCUT2D eigenvalue weighted by atomic mass is 28.5. The van der Waals surface area contributed by atoms with Crippen molar-refractivity contribution in [3.05, 3.63) is 6.33 Å². The number of hydrogen-bond acceptors (Lipinski definition) is 12. The summed E-state index contributed by atoms with van der Waals surface area (Å²) in [5.41, 5.74) is 7.49. The molecule has 1 unspecified atom stereocenters. The van der Waals surface area contributed by atoms with Crippen molar-refractivity contribution in [2.45, 2.75) is 122 Å². The van der Waals surface area contributed by atoms with Crippen molar-refractivity contribution in [3.8, 4) is 0 Å². The summed E-state index contributed by atoms with van der Waals surface area (Å²) >= 11 is 0. The molecule has 258 valence electrons. The van der Waals surface area contributed by atoms with E-state index in [0.717, 1.165) is 0 Å². The molecule has 0 spiro atoms. The highest BCUT2D eigenvalue weighted by Crippen LogP contribution is 2.49. The van der Waals surface area contributed by atoms with E-state index in [9.17, 15) is 9.59 Å². The maximum absolute atomic E-state index is 12.5. The Morgan fingerprint density at radius 1 is 1.02 bits per heavy atom. The molecule has 0 aliphatic carbocycles. The summed E-state index contributed by atoms with van der Waals surface area (Å²) in [7, 11) is -4.50. The Balaban J connectivity index is 1.83. The van der Waals surface area contributed by atoms with E-state index in [1.54, 1.807) is 24.7 Å². The van der Waals surface area contributed by atoms with Gasteiger partial charge in [0.05, 0.1) is 33.1 Å². The Morgan fingerprint density at radius 3 is 2.22 bits per heavy atom. The maximum atomic E-state index is 12.5. The molecule has 16 heteroatoms. The molecule has 46 heavy (non-hydrogen) atoms. The number of rotatable bonds is 11. The van der Waals surface area contributed by atoms with Gasteiger partial charge in [-0.25, -0.2) is 4.98 Å². The number of nitrogen functional groups attached to an aromatic ring is 1. The molecule has 0 aromatic carbocycles. The molecule has 3 N–H and O–H groups in total. The molecule has 2 saturated heterocycles. The Morgan fingerprint density at radius 2 is 1.65 bits per heavy atom. The van der Waals surface area contributed by atoms with Crippen molar-refractivity contribution in [2.75, 3.05) is 31.4 Å². The molecule has 0 saturated carbocycles. The molecule has 0 bridgehead atoms. The highest BCUT2D eigenvalue weighted by molar-refractivity contribution is 6.84. The van der Waals surface area contributed by atoms with Crippen LogP contribution in [0.25, 0.3) is 11.2 Å². The first-order chi connectivity index (χ1) is 21.6. The number of imidazole rings is 1. The molecule has 4 atom stereocenters. The first-order valence-corrected chi connectivity index (χ1v) is 20.2. The third kappa shape index (κ3) is 6.88. The maximum Gasteiger partial charge on any atom is 0.335 e. The van der Waals surface area contributed by atoms with Crippen LogP contribution in [0.5, 0.6) is 0 Å². The average Bonchev–Trinajstić information content (AvgIpc) is 3.53. The van der Waals surface area contributed by atoms with Crippen LogP contribution < -0.4 is 11.1 Å². The summed E-state index contributed by atoms with van der Waals surface area (Å²) in [6.45, 7) is 21.1. The second kappa shape index (κ2) is 14.3. The van der Waals surface area contributed by atoms with Crippen molar-refractivity contribution in [2.24, 2.45) is 5.92 Å². The normalized spacial score (nSPS) is 24.5. The standard InChI is InChI=1S/C30H52N6O8Si2/c1-16(2)28(38)35-30-33-26(31)23-27(34-30)36(15-32-23)29-25(40-13-12-22(37)39-11)24-21(42-29)14-41-45(17(3)4,18(5)6)44-46(43-24,19(7)8)20(9)10/h15-21,24-25,29H,12-14H2,1-11H3,(H3,31,33,34,35,38)/t21-,24?,25+,29-/m1/s1. The summed E-state index contributed by atoms with van der Waals surface area (Å²) in [6.07, 6.45) is -1.01. The van der Waals surface area contributed by atoms with Crippen LogP contribution in [0, 0.1) is 5.92 Å². The van der Waals surface area contributed by atoms with Crippen LogP contribution in [-0.4, -0.2) is 87.2 Å². The van der Waals surface area contributed by atoms with Gasteiger partial charge >= 0.3 is 23.1 Å². The predicted molar refractivity (Wildman–Crippen MR) is 177 cm³/mol. The van der Waals surface area contributed by atoms with Gasteiger partial charge in [-0.1, -0.05) is 69.2 Å². The number of carbonyl (C=O) groups excluding carboxylic acids is 2. The van der Waals surface area contributed by atoms with E-state index in [4.69, 9.17) is 32.9 Å². The number of nitrogens with zero attached hydrogens (tertiary/aromatic N) is 4. The predicted octanol–water partition coefficient (Wildman–Crippen LogP) is 4.81. The Bertz CT molecular complexity index is 1370. The van der Waals surface area contributed by atoms with E-state index < -0.39 is 47.6 Å². The molecular formula is C30H52N6O8Si2. The van der Waals surface area contributed by atoms with Crippen molar-refractivity contribution in [3.63, 3.8) is 0 Å². The molecular weight excluding hydrogens is 629 g/mol. The zero-order valence-electron chi connectivity index (χ0n) is 29.0. The number of aromatic nitrogens is 4. The zero-order valence-corrected chi connectivity index (χ0v) is 31.0. The summed E-state index contributed by atoms with van der Waals surface area (Å²) < 4.78 is 41.4. The summed E-state index contributed by atoms with van der Waals surface area (Å²) in [4.78, 5) is 37.9. The van der Waals surface area contributed by atoms with Gasteiger partial charge in [-0.2, -0.15) is 9.97 Å². The number of nitrogens with one attached hydrogen (secondary N) is 1. The van der Waals surface area contributed by atoms with Crippen LogP contribution in [0.2, 0.25) is 22.2 Å². The van der Waals surface area contributed by atoms with E-state index >= 15 is 0 Å². The fourth-order valence-corrected chi connectivity index (χ4v) is 17.5. The molecule has 4 rings (SSSR count). The number of ether oxygens (including phenoxy) is 3. The van der Waals surface area contributed by atoms with E-state index in [1.165, 1.54) is 7.11 Å². The van der Waals surface area contributed by atoms with Gasteiger partial charge in [0.25, 0.3) is 0 Å². The van der Waals surface area contributed by atoms with Crippen LogP contribution in [0.4, 0.5) is 11.8 Å². The van der Waals surface area contributed by atoms with Gasteiger partial charge in [0, 0.05) is 5.92 Å². The lowest BCUT2D eigenvalue weighted by Crippen LogP contribution is -2.66. The number of hydrogen-bond donors (Lipinski definition) is 2. The van der Waals surface area contributed by atoms with Gasteiger partial charge < -0.3 is 32.9 Å². The molecule has 2 aliphatic rings. The number of carbonyl (C=O) groups is 2. The minimum Gasteiger partial charge on any atom is -0.469 e. The summed E-state index contributed by atoms with van der Waals surface area (Å²) in [6, 6.07) is 0. The molecule has 2 aromatic heterocycles. The second-order valence-electron chi connectivity index (χ2n) is 13.7. The van der Waals surface area contributed by atoms with Crippen LogP contribution >= 0.6 is 0 Å². The van der Waals surface area contributed by atoms with Crippen LogP contribution in [0.1, 0.15) is 81.9 Å². The van der Waals surface area contributed by atoms with E-state index in [2.05, 4.69) is 75.7 Å². The molecule has 4 heterocycles. The Labute approximate surface area is 273 Å². The molecule has 2 fully saturated rings. The van der Waals surface area contributed by atoms with Crippen molar-refractivity contribution >= 4 is 51.9 Å². The first-order valence-electron chi connectivity index (χ1n) is 16.2. The van der Waals surface area contributed by atoms with Gasteiger partial charge in [0.15, 0.2) is 17.7 Å². The second-order valence-corrected chi connectivity index (χ2v) is 22.5. The monoisotopic (exact) mass is 680 g/mol. The molecule has 0 radical (unpaired) electrons. The molecule has 14 nitrogen and oxygen atoms in total. The fourth-order valence-electron chi connectivity index (χ4n) is 6.34. The van der Waals surface area contributed by atoms with Crippen LogP contribution in [0.3, 0.4) is 0 Å². The van der Waals surface area contributed by atoms with E-state index in [0.29, 0.717) is 11.2 Å². The topological polar surface area (TPSA) is 171 Å². The van der Waals surface area contributed by atoms with Crippen LogP contribution in [0.15, 0.2) is 6.33 Å². The average molecular weight is 681 g/mol. The van der Waals surface area contributed by atoms with Gasteiger partial charge in [-0.05, 0) is 22.2 Å². The third-order valence-electron chi connectivity index (χ3n) is 8.94. The van der Waals surface area contributed by atoms with E-state index in [-0.39, 0.29) is 65.4 Å². The van der Waals surface area contributed by atoms with Gasteiger partial charge in [-0.3, -0.25) is 19.5 Å². The molecule has 2 aromatic rings. The lowest BCUT2D eigenvalue weighted by atomic mass is 10.1. The lowest BCUT2D eigenvalue weighted by molar-refractivity contribution is -0.143. The first kappa shape index (κ1) is 36.4. The van der Waals surface area contributed by atoms with Gasteiger partial charge in [-0.15, -0.1) is 0 Å². The SMILES string of the molecule is COC(=O)CCO[C@H]1C2O[Si](C(C)C)(C(C)C)O[Si](C(C)C)(C(C)C)OC[C@H]2O[C@H]1n1cnc2c(N)nc(NC(=O)C(C)C)nc21. The Hall–Kier alpha value is -2.48.